The smallest absolute Gasteiger partial charge is 0.251 e. The van der Waals surface area contributed by atoms with Crippen LogP contribution in [0.1, 0.15) is 44.6 Å². The Morgan fingerprint density at radius 2 is 2.23 bits per heavy atom. The zero-order valence-corrected chi connectivity index (χ0v) is 13.7. The molecule has 122 valence electrons. The maximum atomic E-state index is 12.7. The van der Waals surface area contributed by atoms with Crippen LogP contribution in [0.25, 0.3) is 0 Å². The number of piperidine rings is 1. The van der Waals surface area contributed by atoms with E-state index in [9.17, 15) is 4.79 Å². The quantitative estimate of drug-likeness (QED) is 0.811. The van der Waals surface area contributed by atoms with Crippen molar-refractivity contribution in [3.63, 3.8) is 0 Å². The molecular formula is C17H27N3O2. The van der Waals surface area contributed by atoms with Gasteiger partial charge in [0.05, 0.1) is 25.4 Å². The molecule has 1 aliphatic heterocycles. The summed E-state index contributed by atoms with van der Waals surface area (Å²) in [6.45, 7) is 6.31. The number of amides is 1. The Balaban J connectivity index is 1.59. The number of hydrogen-bond donors (Lipinski definition) is 0. The van der Waals surface area contributed by atoms with Crippen LogP contribution in [0.2, 0.25) is 0 Å². The van der Waals surface area contributed by atoms with Crippen LogP contribution in [-0.2, 0) is 16.1 Å². The minimum absolute atomic E-state index is 0.147. The SMILES string of the molecule is Cc1cnn(CC2CCCCN2C(=O)C(C)OCC2CC2)c1. The Kier molecular flexibility index (Phi) is 4.81. The third kappa shape index (κ3) is 3.88. The Hall–Kier alpha value is -1.36. The molecule has 0 radical (unpaired) electrons. The molecule has 5 nitrogen and oxygen atoms in total. The van der Waals surface area contributed by atoms with E-state index >= 15 is 0 Å². The largest absolute Gasteiger partial charge is 0.368 e. The molecule has 1 aliphatic carbocycles. The Labute approximate surface area is 132 Å². The molecule has 0 aromatic carbocycles. The number of likely N-dealkylation sites (tertiary alicyclic amines) is 1. The lowest BCUT2D eigenvalue weighted by atomic mass is 10.0. The zero-order valence-electron chi connectivity index (χ0n) is 13.7. The first-order valence-corrected chi connectivity index (χ1v) is 8.54. The fourth-order valence-electron chi connectivity index (χ4n) is 3.13. The predicted molar refractivity (Wildman–Crippen MR) is 84.5 cm³/mol. The topological polar surface area (TPSA) is 47.4 Å². The van der Waals surface area contributed by atoms with E-state index < -0.39 is 0 Å². The second-order valence-corrected chi connectivity index (χ2v) is 6.84. The number of rotatable bonds is 6. The first kappa shape index (κ1) is 15.5. The summed E-state index contributed by atoms with van der Waals surface area (Å²) in [7, 11) is 0. The highest BCUT2D eigenvalue weighted by Gasteiger charge is 2.31. The Morgan fingerprint density at radius 1 is 1.41 bits per heavy atom. The second kappa shape index (κ2) is 6.82. The summed E-state index contributed by atoms with van der Waals surface area (Å²) in [5.74, 6) is 0.841. The average molecular weight is 305 g/mol. The van der Waals surface area contributed by atoms with Gasteiger partial charge < -0.3 is 9.64 Å². The van der Waals surface area contributed by atoms with Gasteiger partial charge in [-0.25, -0.2) is 0 Å². The third-order valence-corrected chi connectivity index (χ3v) is 4.70. The Morgan fingerprint density at radius 3 is 2.91 bits per heavy atom. The van der Waals surface area contributed by atoms with Crippen molar-refractivity contribution in [3.8, 4) is 0 Å². The van der Waals surface area contributed by atoms with E-state index in [0.717, 1.165) is 38.1 Å². The fraction of sp³-hybridized carbons (Fsp3) is 0.765. The minimum Gasteiger partial charge on any atom is -0.368 e. The molecular weight excluding hydrogens is 278 g/mol. The molecule has 0 bridgehead atoms. The molecule has 2 aliphatic rings. The van der Waals surface area contributed by atoms with Crippen molar-refractivity contribution in [2.75, 3.05) is 13.2 Å². The van der Waals surface area contributed by atoms with Gasteiger partial charge >= 0.3 is 0 Å². The van der Waals surface area contributed by atoms with Gasteiger partial charge in [-0.2, -0.15) is 5.10 Å². The number of carbonyl (C=O) groups is 1. The highest BCUT2D eigenvalue weighted by molar-refractivity contribution is 5.81. The Bertz CT molecular complexity index is 510. The van der Waals surface area contributed by atoms with Gasteiger partial charge in [-0.15, -0.1) is 0 Å². The molecule has 0 spiro atoms. The molecule has 3 rings (SSSR count). The van der Waals surface area contributed by atoms with Gasteiger partial charge in [0.15, 0.2) is 0 Å². The highest BCUT2D eigenvalue weighted by atomic mass is 16.5. The molecule has 1 aromatic heterocycles. The lowest BCUT2D eigenvalue weighted by Gasteiger charge is -2.37. The zero-order chi connectivity index (χ0) is 15.5. The molecule has 2 atom stereocenters. The molecule has 5 heteroatoms. The van der Waals surface area contributed by atoms with E-state index in [0.29, 0.717) is 5.92 Å². The van der Waals surface area contributed by atoms with Gasteiger partial charge in [0.2, 0.25) is 0 Å². The summed E-state index contributed by atoms with van der Waals surface area (Å²) < 4.78 is 7.73. The number of nitrogens with zero attached hydrogens (tertiary/aromatic N) is 3. The fourth-order valence-corrected chi connectivity index (χ4v) is 3.13. The van der Waals surface area contributed by atoms with Crippen molar-refractivity contribution < 1.29 is 9.53 Å². The van der Waals surface area contributed by atoms with Crippen LogP contribution in [0.15, 0.2) is 12.4 Å². The molecule has 0 N–H and O–H groups in total. The standard InChI is InChI=1S/C17H27N3O2/c1-13-9-18-19(10-13)11-16-5-3-4-8-20(16)17(21)14(2)22-12-15-6-7-15/h9-10,14-16H,3-8,11-12H2,1-2H3. The van der Waals surface area contributed by atoms with Crippen LogP contribution in [-0.4, -0.2) is 45.9 Å². The number of aryl methyl sites for hydroxylation is 1. The molecule has 2 heterocycles. The van der Waals surface area contributed by atoms with Crippen LogP contribution < -0.4 is 0 Å². The average Bonchev–Trinajstić information content (AvgIpc) is 3.27. The van der Waals surface area contributed by atoms with Gasteiger partial charge in [0.25, 0.3) is 5.91 Å². The lowest BCUT2D eigenvalue weighted by Crippen LogP contribution is -2.49. The summed E-state index contributed by atoms with van der Waals surface area (Å²) in [5.41, 5.74) is 1.16. The molecule has 22 heavy (non-hydrogen) atoms. The lowest BCUT2D eigenvalue weighted by molar-refractivity contribution is -0.147. The summed E-state index contributed by atoms with van der Waals surface area (Å²) in [4.78, 5) is 14.7. The molecule has 2 fully saturated rings. The molecule has 2 unspecified atom stereocenters. The van der Waals surface area contributed by atoms with E-state index in [4.69, 9.17) is 4.74 Å². The first-order valence-electron chi connectivity index (χ1n) is 8.54. The van der Waals surface area contributed by atoms with Gasteiger partial charge in [0, 0.05) is 12.7 Å². The molecule has 1 aromatic rings. The van der Waals surface area contributed by atoms with Gasteiger partial charge in [-0.3, -0.25) is 9.48 Å². The number of carbonyl (C=O) groups excluding carboxylic acids is 1. The summed E-state index contributed by atoms with van der Waals surface area (Å²) in [6, 6.07) is 0.243. The van der Waals surface area contributed by atoms with Crippen molar-refractivity contribution in [2.45, 2.75) is 64.6 Å². The van der Waals surface area contributed by atoms with Crippen LogP contribution in [0, 0.1) is 12.8 Å². The third-order valence-electron chi connectivity index (χ3n) is 4.70. The second-order valence-electron chi connectivity index (χ2n) is 6.84. The predicted octanol–water partition coefficient (Wildman–Crippen LogP) is 2.39. The number of hydrogen-bond acceptors (Lipinski definition) is 3. The van der Waals surface area contributed by atoms with Crippen LogP contribution in [0.5, 0.6) is 0 Å². The first-order chi connectivity index (χ1) is 10.6. The van der Waals surface area contributed by atoms with Crippen molar-refractivity contribution in [2.24, 2.45) is 5.92 Å². The van der Waals surface area contributed by atoms with Crippen molar-refractivity contribution in [1.29, 1.82) is 0 Å². The van der Waals surface area contributed by atoms with Gasteiger partial charge in [-0.05, 0) is 57.4 Å². The van der Waals surface area contributed by atoms with E-state index in [2.05, 4.69) is 5.10 Å². The summed E-state index contributed by atoms with van der Waals surface area (Å²) in [6.07, 6.45) is 9.45. The minimum atomic E-state index is -0.319. The van der Waals surface area contributed by atoms with Crippen molar-refractivity contribution >= 4 is 5.91 Å². The van der Waals surface area contributed by atoms with Crippen LogP contribution >= 0.6 is 0 Å². The molecule has 1 amide bonds. The van der Waals surface area contributed by atoms with E-state index in [-0.39, 0.29) is 18.1 Å². The van der Waals surface area contributed by atoms with E-state index in [1.807, 2.05) is 35.8 Å². The number of aromatic nitrogens is 2. The maximum Gasteiger partial charge on any atom is 0.251 e. The number of ether oxygens (including phenoxy) is 1. The van der Waals surface area contributed by atoms with Crippen molar-refractivity contribution in [1.82, 2.24) is 14.7 Å². The van der Waals surface area contributed by atoms with Crippen LogP contribution in [0.4, 0.5) is 0 Å². The van der Waals surface area contributed by atoms with E-state index in [1.165, 1.54) is 19.3 Å². The summed E-state index contributed by atoms with van der Waals surface area (Å²) in [5, 5.41) is 4.36. The van der Waals surface area contributed by atoms with Crippen molar-refractivity contribution in [3.05, 3.63) is 18.0 Å². The van der Waals surface area contributed by atoms with Gasteiger partial charge in [0.1, 0.15) is 6.10 Å². The highest BCUT2D eigenvalue weighted by Crippen LogP contribution is 2.29. The normalized spacial score (nSPS) is 23.5. The monoisotopic (exact) mass is 305 g/mol. The maximum absolute atomic E-state index is 12.7. The summed E-state index contributed by atoms with van der Waals surface area (Å²) >= 11 is 0. The molecule has 1 saturated carbocycles. The van der Waals surface area contributed by atoms with Gasteiger partial charge in [-0.1, -0.05) is 0 Å². The van der Waals surface area contributed by atoms with E-state index in [1.54, 1.807) is 0 Å². The van der Waals surface area contributed by atoms with Crippen LogP contribution in [0.3, 0.4) is 0 Å². The molecule has 1 saturated heterocycles.